The molecule has 0 heterocycles. The molecule has 1 N–H and O–H groups in total. The Balaban J connectivity index is 2.33. The topological polar surface area (TPSA) is 44.0 Å². The number of rotatable bonds is 2. The predicted octanol–water partition coefficient (Wildman–Crippen LogP) is 5.14. The molecule has 0 saturated heterocycles. The molecule has 1 saturated carbocycles. The lowest BCUT2D eigenvalue weighted by molar-refractivity contribution is 0.00962. The van der Waals surface area contributed by atoms with E-state index in [0.717, 1.165) is 12.8 Å². The highest BCUT2D eigenvalue weighted by molar-refractivity contribution is 6.42. The van der Waals surface area contributed by atoms with Crippen LogP contribution in [0, 0.1) is 22.2 Å². The number of benzene rings is 1. The molecular formula is C16H19Cl2NO. The lowest BCUT2D eigenvalue weighted by atomic mass is 9.62. The van der Waals surface area contributed by atoms with Crippen molar-refractivity contribution in [3.8, 4) is 6.07 Å². The van der Waals surface area contributed by atoms with E-state index in [1.54, 1.807) is 18.2 Å². The minimum absolute atomic E-state index is 0.234. The predicted molar refractivity (Wildman–Crippen MR) is 81.7 cm³/mol. The van der Waals surface area contributed by atoms with Crippen molar-refractivity contribution in [3.63, 3.8) is 0 Å². The average molecular weight is 312 g/mol. The molecule has 0 bridgehead atoms. The van der Waals surface area contributed by atoms with E-state index < -0.39 is 11.5 Å². The number of nitriles is 1. The fourth-order valence-electron chi connectivity index (χ4n) is 2.85. The van der Waals surface area contributed by atoms with Gasteiger partial charge in [0, 0.05) is 5.56 Å². The van der Waals surface area contributed by atoms with Gasteiger partial charge < -0.3 is 5.11 Å². The maximum absolute atomic E-state index is 10.7. The molecular weight excluding hydrogens is 293 g/mol. The zero-order valence-corrected chi connectivity index (χ0v) is 13.3. The van der Waals surface area contributed by atoms with E-state index in [2.05, 4.69) is 19.9 Å². The molecule has 1 aromatic carbocycles. The first-order valence-corrected chi connectivity index (χ1v) is 7.60. The maximum Gasteiger partial charge on any atom is 0.0991 e. The lowest BCUT2D eigenvalue weighted by Gasteiger charge is -2.42. The highest BCUT2D eigenvalue weighted by Crippen LogP contribution is 2.52. The zero-order valence-electron chi connectivity index (χ0n) is 11.8. The monoisotopic (exact) mass is 311 g/mol. The van der Waals surface area contributed by atoms with Gasteiger partial charge in [0.05, 0.1) is 27.6 Å². The average Bonchev–Trinajstić information content (AvgIpc) is 2.42. The van der Waals surface area contributed by atoms with Crippen molar-refractivity contribution in [1.82, 2.24) is 0 Å². The molecule has 1 unspecified atom stereocenters. The number of hydrogen-bond donors (Lipinski definition) is 1. The summed E-state index contributed by atoms with van der Waals surface area (Å²) in [5.41, 5.74) is 0.0302. The second kappa shape index (κ2) is 5.56. The normalized spacial score (nSPS) is 22.0. The van der Waals surface area contributed by atoms with Gasteiger partial charge in [-0.25, -0.2) is 0 Å². The summed E-state index contributed by atoms with van der Waals surface area (Å²) in [7, 11) is 0. The third-order valence-electron chi connectivity index (χ3n) is 4.52. The van der Waals surface area contributed by atoms with Crippen molar-refractivity contribution in [2.45, 2.75) is 45.6 Å². The molecule has 0 amide bonds. The van der Waals surface area contributed by atoms with Crippen LogP contribution in [0.3, 0.4) is 0 Å². The van der Waals surface area contributed by atoms with E-state index in [-0.39, 0.29) is 5.41 Å². The standard InChI is InChI=1S/C16H19Cl2NO/c1-15(2)6-8-16(10-19,9-7-15)14(20)11-4-3-5-12(17)13(11)18/h3-5,14,20H,6-9H2,1-2H3. The Morgan fingerprint density at radius 1 is 1.20 bits per heavy atom. The van der Waals surface area contributed by atoms with Crippen LogP contribution in [-0.2, 0) is 0 Å². The molecule has 108 valence electrons. The van der Waals surface area contributed by atoms with Crippen molar-refractivity contribution in [1.29, 1.82) is 5.26 Å². The summed E-state index contributed by atoms with van der Waals surface area (Å²) < 4.78 is 0. The lowest BCUT2D eigenvalue weighted by Crippen LogP contribution is -2.35. The summed E-state index contributed by atoms with van der Waals surface area (Å²) in [5, 5.41) is 21.1. The Hall–Kier alpha value is -0.750. The van der Waals surface area contributed by atoms with Gasteiger partial charge in [-0.15, -0.1) is 0 Å². The second-order valence-corrected chi connectivity index (χ2v) is 7.26. The van der Waals surface area contributed by atoms with Crippen LogP contribution < -0.4 is 0 Å². The van der Waals surface area contributed by atoms with Gasteiger partial charge in [-0.1, -0.05) is 49.2 Å². The molecule has 2 nitrogen and oxygen atoms in total. The summed E-state index contributed by atoms with van der Waals surface area (Å²) >= 11 is 12.2. The first-order valence-electron chi connectivity index (χ1n) is 6.85. The van der Waals surface area contributed by atoms with E-state index >= 15 is 0 Å². The third-order valence-corrected chi connectivity index (χ3v) is 5.35. The smallest absolute Gasteiger partial charge is 0.0991 e. The molecule has 1 aliphatic rings. The largest absolute Gasteiger partial charge is 0.387 e. The first kappa shape index (κ1) is 15.6. The Bertz CT molecular complexity index is 538. The first-order chi connectivity index (χ1) is 9.31. The van der Waals surface area contributed by atoms with Gasteiger partial charge in [0.25, 0.3) is 0 Å². The molecule has 1 aliphatic carbocycles. The highest BCUT2D eigenvalue weighted by atomic mass is 35.5. The number of aliphatic hydroxyl groups excluding tert-OH is 1. The molecule has 2 rings (SSSR count). The van der Waals surface area contributed by atoms with Crippen LogP contribution in [0.1, 0.15) is 51.2 Å². The number of nitrogens with zero attached hydrogens (tertiary/aromatic N) is 1. The number of hydrogen-bond acceptors (Lipinski definition) is 2. The molecule has 1 fully saturated rings. The summed E-state index contributed by atoms with van der Waals surface area (Å²) in [5.74, 6) is 0. The Labute approximate surface area is 130 Å². The van der Waals surface area contributed by atoms with E-state index in [1.807, 2.05) is 0 Å². The van der Waals surface area contributed by atoms with Crippen molar-refractivity contribution < 1.29 is 5.11 Å². The highest BCUT2D eigenvalue weighted by Gasteiger charge is 2.45. The van der Waals surface area contributed by atoms with Crippen LogP contribution in [0.2, 0.25) is 10.0 Å². The van der Waals surface area contributed by atoms with Gasteiger partial charge in [0.2, 0.25) is 0 Å². The molecule has 1 atom stereocenters. The van der Waals surface area contributed by atoms with E-state index in [4.69, 9.17) is 23.2 Å². The molecule has 20 heavy (non-hydrogen) atoms. The van der Waals surface area contributed by atoms with Crippen LogP contribution in [0.15, 0.2) is 18.2 Å². The molecule has 0 spiro atoms. The number of halogens is 2. The Morgan fingerprint density at radius 3 is 2.35 bits per heavy atom. The summed E-state index contributed by atoms with van der Waals surface area (Å²) in [4.78, 5) is 0. The SMILES string of the molecule is CC1(C)CCC(C#N)(C(O)c2cccc(Cl)c2Cl)CC1. The Morgan fingerprint density at radius 2 is 1.80 bits per heavy atom. The van der Waals surface area contributed by atoms with Crippen LogP contribution in [-0.4, -0.2) is 5.11 Å². The Kier molecular flexibility index (Phi) is 4.35. The van der Waals surface area contributed by atoms with Gasteiger partial charge in [-0.2, -0.15) is 5.26 Å². The van der Waals surface area contributed by atoms with Gasteiger partial charge in [0.15, 0.2) is 0 Å². The zero-order chi connectivity index (χ0) is 15.0. The van der Waals surface area contributed by atoms with Gasteiger partial charge in [0.1, 0.15) is 0 Å². The van der Waals surface area contributed by atoms with Crippen LogP contribution in [0.4, 0.5) is 0 Å². The van der Waals surface area contributed by atoms with Crippen molar-refractivity contribution >= 4 is 23.2 Å². The summed E-state index contributed by atoms with van der Waals surface area (Å²) in [6, 6.07) is 7.53. The summed E-state index contributed by atoms with van der Waals surface area (Å²) in [6.07, 6.45) is 2.32. The van der Waals surface area contributed by atoms with Gasteiger partial charge in [-0.3, -0.25) is 0 Å². The summed E-state index contributed by atoms with van der Waals surface area (Å²) in [6.45, 7) is 4.40. The quantitative estimate of drug-likeness (QED) is 0.822. The maximum atomic E-state index is 10.7. The molecule has 1 aromatic rings. The minimum atomic E-state index is -0.894. The molecule has 4 heteroatoms. The fraction of sp³-hybridized carbons (Fsp3) is 0.562. The van der Waals surface area contributed by atoms with E-state index in [0.29, 0.717) is 28.5 Å². The minimum Gasteiger partial charge on any atom is -0.387 e. The van der Waals surface area contributed by atoms with Crippen molar-refractivity contribution in [2.24, 2.45) is 10.8 Å². The van der Waals surface area contributed by atoms with Crippen LogP contribution >= 0.6 is 23.2 Å². The van der Waals surface area contributed by atoms with Crippen LogP contribution in [0.5, 0.6) is 0 Å². The molecule has 0 radical (unpaired) electrons. The van der Waals surface area contributed by atoms with Crippen LogP contribution in [0.25, 0.3) is 0 Å². The van der Waals surface area contributed by atoms with Gasteiger partial charge >= 0.3 is 0 Å². The van der Waals surface area contributed by atoms with E-state index in [1.165, 1.54) is 0 Å². The molecule has 0 aromatic heterocycles. The van der Waals surface area contributed by atoms with Crippen molar-refractivity contribution in [2.75, 3.05) is 0 Å². The third kappa shape index (κ3) is 2.81. The van der Waals surface area contributed by atoms with E-state index in [9.17, 15) is 10.4 Å². The fourth-order valence-corrected chi connectivity index (χ4v) is 3.26. The number of aliphatic hydroxyl groups is 1. The second-order valence-electron chi connectivity index (χ2n) is 6.48. The van der Waals surface area contributed by atoms with Gasteiger partial charge in [-0.05, 0) is 37.2 Å². The van der Waals surface area contributed by atoms with Crippen molar-refractivity contribution in [3.05, 3.63) is 33.8 Å². The molecule has 0 aliphatic heterocycles.